The number of hydrogen-bond acceptors (Lipinski definition) is 5. The molecule has 4 nitrogen and oxygen atoms in total. The molecule has 0 fully saturated rings. The first-order valence-electron chi connectivity index (χ1n) is 6.63. The van der Waals surface area contributed by atoms with Crippen molar-refractivity contribution in [3.8, 4) is 6.07 Å². The number of rotatable bonds is 1. The Morgan fingerprint density at radius 1 is 1.29 bits per heavy atom. The molecule has 0 spiro atoms. The highest BCUT2D eigenvalue weighted by Gasteiger charge is 2.50. The second kappa shape index (κ2) is 4.42. The molecular weight excluding hydrogens is 282 g/mol. The van der Waals surface area contributed by atoms with Crippen molar-refractivity contribution in [2.45, 2.75) is 17.4 Å². The molecule has 2 unspecified atom stereocenters. The molecule has 2 aliphatic rings. The molecule has 0 saturated carbocycles. The molecule has 2 atom stereocenters. The first-order valence-corrected chi connectivity index (χ1v) is 7.51. The summed E-state index contributed by atoms with van der Waals surface area (Å²) in [7, 11) is 0. The van der Waals surface area contributed by atoms with E-state index in [-0.39, 0.29) is 5.25 Å². The third-order valence-electron chi connectivity index (χ3n) is 3.94. The average molecular weight is 293 g/mol. The number of aliphatic hydroxyl groups is 1. The van der Waals surface area contributed by atoms with Crippen LogP contribution in [0.4, 0.5) is 0 Å². The topological polar surface area (TPSA) is 69.3 Å². The predicted molar refractivity (Wildman–Crippen MR) is 80.9 cm³/mol. The van der Waals surface area contributed by atoms with E-state index in [0.717, 1.165) is 28.2 Å². The van der Waals surface area contributed by atoms with Crippen LogP contribution in [0.25, 0.3) is 0 Å². The third-order valence-corrected chi connectivity index (χ3v) is 5.27. The maximum Gasteiger partial charge on any atom is 0.196 e. The van der Waals surface area contributed by atoms with Crippen LogP contribution in [-0.4, -0.2) is 20.4 Å². The number of aromatic nitrogens is 1. The largest absolute Gasteiger partial charge is 0.365 e. The molecule has 1 aliphatic carbocycles. The lowest BCUT2D eigenvalue weighted by Gasteiger charge is -2.19. The highest BCUT2D eigenvalue weighted by Crippen LogP contribution is 2.50. The molecule has 0 saturated heterocycles. The lowest BCUT2D eigenvalue weighted by molar-refractivity contribution is 0.0580. The summed E-state index contributed by atoms with van der Waals surface area (Å²) in [6, 6.07) is 11.4. The second-order valence-corrected chi connectivity index (χ2v) is 6.36. The van der Waals surface area contributed by atoms with Gasteiger partial charge in [0.25, 0.3) is 0 Å². The predicted octanol–water partition coefficient (Wildman–Crippen LogP) is 2.22. The van der Waals surface area contributed by atoms with Crippen LogP contribution in [0, 0.1) is 11.3 Å². The Morgan fingerprint density at radius 3 is 2.86 bits per heavy atom. The summed E-state index contributed by atoms with van der Waals surface area (Å²) in [5.41, 5.74) is 2.27. The Hall–Kier alpha value is -2.16. The number of thioether (sulfide) groups is 1. The monoisotopic (exact) mass is 293 g/mol. The van der Waals surface area contributed by atoms with Crippen LogP contribution in [0.15, 0.2) is 47.7 Å². The third kappa shape index (κ3) is 1.80. The number of pyridine rings is 1. The quantitative estimate of drug-likeness (QED) is 0.875. The first kappa shape index (κ1) is 12.6. The maximum absolute atomic E-state index is 11.0. The van der Waals surface area contributed by atoms with Crippen LogP contribution in [0.1, 0.15) is 22.3 Å². The standard InChI is InChI=1S/C16H11N3OS/c17-9-10-1-2-13-12(7-10)8-14-16(13,20)19-15(21-14)11-3-5-18-6-4-11/h1-7,14,20H,8H2. The van der Waals surface area contributed by atoms with Gasteiger partial charge in [-0.1, -0.05) is 17.8 Å². The molecule has 1 N–H and O–H groups in total. The molecule has 1 aromatic carbocycles. The highest BCUT2D eigenvalue weighted by molar-refractivity contribution is 8.15. The van der Waals surface area contributed by atoms with Crippen LogP contribution in [-0.2, 0) is 12.1 Å². The second-order valence-electron chi connectivity index (χ2n) is 5.17. The van der Waals surface area contributed by atoms with Gasteiger partial charge in [0, 0.05) is 23.5 Å². The van der Waals surface area contributed by atoms with Gasteiger partial charge >= 0.3 is 0 Å². The van der Waals surface area contributed by atoms with E-state index in [2.05, 4.69) is 16.0 Å². The molecule has 1 aliphatic heterocycles. The van der Waals surface area contributed by atoms with Crippen molar-refractivity contribution in [3.63, 3.8) is 0 Å². The number of benzene rings is 1. The number of hydrogen-bond donors (Lipinski definition) is 1. The SMILES string of the molecule is N#Cc1ccc2c(c1)CC1SC(c3ccncc3)=NC21O. The molecule has 21 heavy (non-hydrogen) atoms. The Balaban J connectivity index is 1.79. The van der Waals surface area contributed by atoms with Crippen molar-refractivity contribution in [1.29, 1.82) is 5.26 Å². The minimum atomic E-state index is -1.17. The van der Waals surface area contributed by atoms with Crippen molar-refractivity contribution in [2.24, 2.45) is 4.99 Å². The molecule has 0 amide bonds. The van der Waals surface area contributed by atoms with Gasteiger partial charge in [0.1, 0.15) is 5.04 Å². The minimum absolute atomic E-state index is 0.0235. The lowest BCUT2D eigenvalue weighted by atomic mass is 10.0. The molecule has 5 heteroatoms. The maximum atomic E-state index is 11.0. The summed E-state index contributed by atoms with van der Waals surface area (Å²) < 4.78 is 0. The van der Waals surface area contributed by atoms with Gasteiger partial charge in [-0.05, 0) is 36.2 Å². The van der Waals surface area contributed by atoms with Gasteiger partial charge in [-0.25, -0.2) is 4.99 Å². The summed E-state index contributed by atoms with van der Waals surface area (Å²) in [4.78, 5) is 8.58. The smallest absolute Gasteiger partial charge is 0.196 e. The number of nitriles is 1. The Bertz CT molecular complexity index is 797. The fourth-order valence-electron chi connectivity index (χ4n) is 2.91. The number of aliphatic imine (C=N–C) groups is 1. The molecule has 2 aromatic rings. The molecule has 0 radical (unpaired) electrons. The van der Waals surface area contributed by atoms with E-state index in [1.165, 1.54) is 0 Å². The summed E-state index contributed by atoms with van der Waals surface area (Å²) in [6.07, 6.45) is 4.18. The van der Waals surface area contributed by atoms with E-state index in [0.29, 0.717) is 5.56 Å². The van der Waals surface area contributed by atoms with Gasteiger partial charge in [0.15, 0.2) is 5.72 Å². The van der Waals surface area contributed by atoms with Gasteiger partial charge in [0.05, 0.1) is 16.9 Å². The summed E-state index contributed by atoms with van der Waals surface area (Å²) in [5.74, 6) is 0. The Labute approximate surface area is 126 Å². The van der Waals surface area contributed by atoms with E-state index >= 15 is 0 Å². The van der Waals surface area contributed by atoms with E-state index in [4.69, 9.17) is 5.26 Å². The fraction of sp³-hybridized carbons (Fsp3) is 0.188. The molecule has 4 rings (SSSR count). The van der Waals surface area contributed by atoms with Crippen molar-refractivity contribution in [1.82, 2.24) is 4.98 Å². The van der Waals surface area contributed by atoms with Crippen molar-refractivity contribution in [3.05, 3.63) is 65.0 Å². The molecule has 0 bridgehead atoms. The van der Waals surface area contributed by atoms with E-state index in [1.54, 1.807) is 30.2 Å². The van der Waals surface area contributed by atoms with Crippen molar-refractivity contribution in [2.75, 3.05) is 0 Å². The zero-order valence-corrected chi connectivity index (χ0v) is 11.8. The Kier molecular flexibility index (Phi) is 2.64. The summed E-state index contributed by atoms with van der Waals surface area (Å²) in [6.45, 7) is 0. The Morgan fingerprint density at radius 2 is 2.10 bits per heavy atom. The van der Waals surface area contributed by atoms with Gasteiger partial charge in [-0.3, -0.25) is 4.98 Å². The summed E-state index contributed by atoms with van der Waals surface area (Å²) >= 11 is 1.59. The average Bonchev–Trinajstić information content (AvgIpc) is 2.98. The van der Waals surface area contributed by atoms with E-state index in [9.17, 15) is 5.11 Å². The van der Waals surface area contributed by atoms with Gasteiger partial charge in [0.2, 0.25) is 0 Å². The van der Waals surface area contributed by atoms with Crippen LogP contribution in [0.3, 0.4) is 0 Å². The zero-order valence-electron chi connectivity index (χ0n) is 11.0. The molecule has 2 heterocycles. The highest BCUT2D eigenvalue weighted by atomic mass is 32.2. The van der Waals surface area contributed by atoms with Crippen LogP contribution < -0.4 is 0 Å². The van der Waals surface area contributed by atoms with Crippen LogP contribution >= 0.6 is 11.8 Å². The van der Waals surface area contributed by atoms with Crippen LogP contribution in [0.5, 0.6) is 0 Å². The van der Waals surface area contributed by atoms with E-state index in [1.807, 2.05) is 24.3 Å². The van der Waals surface area contributed by atoms with Crippen molar-refractivity contribution >= 4 is 16.8 Å². The lowest BCUT2D eigenvalue weighted by Crippen LogP contribution is -2.27. The summed E-state index contributed by atoms with van der Waals surface area (Å²) in [5, 5.41) is 20.8. The van der Waals surface area contributed by atoms with Crippen LogP contribution in [0.2, 0.25) is 0 Å². The molecule has 1 aromatic heterocycles. The normalized spacial score (nSPS) is 25.9. The number of fused-ring (bicyclic) bond motifs is 3. The van der Waals surface area contributed by atoms with Gasteiger partial charge in [-0.2, -0.15) is 5.26 Å². The zero-order chi connectivity index (χ0) is 14.4. The minimum Gasteiger partial charge on any atom is -0.365 e. The fourth-order valence-corrected chi connectivity index (χ4v) is 4.25. The van der Waals surface area contributed by atoms with Gasteiger partial charge in [-0.15, -0.1) is 0 Å². The van der Waals surface area contributed by atoms with Gasteiger partial charge < -0.3 is 5.11 Å². The van der Waals surface area contributed by atoms with E-state index < -0.39 is 5.72 Å². The number of nitrogens with zero attached hydrogens (tertiary/aromatic N) is 3. The first-order chi connectivity index (χ1) is 10.2. The van der Waals surface area contributed by atoms with Crippen molar-refractivity contribution < 1.29 is 5.11 Å². The molecular formula is C16H11N3OS. The molecule has 102 valence electrons.